The lowest BCUT2D eigenvalue weighted by Gasteiger charge is -2.32. The van der Waals surface area contributed by atoms with Gasteiger partial charge in [0.25, 0.3) is 0 Å². The molecule has 7 heteroatoms. The summed E-state index contributed by atoms with van der Waals surface area (Å²) >= 11 is 0. The molecule has 1 amide bonds. The maximum atomic E-state index is 12.1. The largest absolute Gasteiger partial charge is 0.346 e. The average molecular weight is 405 g/mol. The van der Waals surface area contributed by atoms with Crippen molar-refractivity contribution in [2.45, 2.75) is 52.1 Å². The molecule has 1 aromatic carbocycles. The quantitative estimate of drug-likeness (QED) is 0.682. The van der Waals surface area contributed by atoms with Crippen molar-refractivity contribution in [2.75, 3.05) is 17.3 Å². The minimum Gasteiger partial charge on any atom is -0.346 e. The van der Waals surface area contributed by atoms with Crippen LogP contribution in [0.25, 0.3) is 0 Å². The van der Waals surface area contributed by atoms with E-state index in [0.29, 0.717) is 11.6 Å². The zero-order valence-corrected chi connectivity index (χ0v) is 18.0. The zero-order chi connectivity index (χ0) is 21.3. The standard InChI is InChI=1S/C23H28N6O/c1-15(19-8-6-5-7-9-19)13-29-14-18(12-24-29)10-11-20-25-16(2)21-22(26-20)28(4)17(3)23(30)27-21/h5-9,12,14-15,17H,10-11,13H2,1-4H3,(H,27,30)/t15-,17+/m1/s1. The van der Waals surface area contributed by atoms with Gasteiger partial charge in [-0.05, 0) is 31.4 Å². The summed E-state index contributed by atoms with van der Waals surface area (Å²) in [7, 11) is 1.90. The van der Waals surface area contributed by atoms with Gasteiger partial charge in [-0.1, -0.05) is 37.3 Å². The molecule has 156 valence electrons. The second-order valence-electron chi connectivity index (χ2n) is 8.08. The van der Waals surface area contributed by atoms with Gasteiger partial charge in [-0.2, -0.15) is 5.10 Å². The van der Waals surface area contributed by atoms with E-state index in [9.17, 15) is 4.79 Å². The molecule has 0 fully saturated rings. The summed E-state index contributed by atoms with van der Waals surface area (Å²) in [5.41, 5.74) is 4.00. The van der Waals surface area contributed by atoms with Crippen molar-refractivity contribution in [2.24, 2.45) is 0 Å². The summed E-state index contributed by atoms with van der Waals surface area (Å²) < 4.78 is 2.01. The summed E-state index contributed by atoms with van der Waals surface area (Å²) in [6.07, 6.45) is 5.59. The van der Waals surface area contributed by atoms with E-state index in [1.54, 1.807) is 0 Å². The van der Waals surface area contributed by atoms with Gasteiger partial charge in [0.05, 0.1) is 11.9 Å². The Bertz CT molecular complexity index is 1050. The van der Waals surface area contributed by atoms with Crippen LogP contribution >= 0.6 is 0 Å². The number of fused-ring (bicyclic) bond motifs is 1. The molecule has 7 nitrogen and oxygen atoms in total. The molecule has 1 aliphatic heterocycles. The van der Waals surface area contributed by atoms with Crippen LogP contribution in [0.5, 0.6) is 0 Å². The fraction of sp³-hybridized carbons (Fsp3) is 0.391. The highest BCUT2D eigenvalue weighted by atomic mass is 16.2. The molecule has 0 bridgehead atoms. The van der Waals surface area contributed by atoms with Crippen molar-refractivity contribution in [1.29, 1.82) is 0 Å². The minimum absolute atomic E-state index is 0.0263. The topological polar surface area (TPSA) is 75.9 Å². The lowest BCUT2D eigenvalue weighted by molar-refractivity contribution is -0.117. The summed E-state index contributed by atoms with van der Waals surface area (Å²) in [6, 6.07) is 10.3. The molecule has 0 saturated carbocycles. The molecule has 2 aromatic heterocycles. The Morgan fingerprint density at radius 1 is 1.17 bits per heavy atom. The van der Waals surface area contributed by atoms with Gasteiger partial charge in [0.15, 0.2) is 5.82 Å². The number of carbonyl (C=O) groups excluding carboxylic acids is 1. The number of hydrogen-bond acceptors (Lipinski definition) is 5. The minimum atomic E-state index is -0.246. The maximum Gasteiger partial charge on any atom is 0.246 e. The van der Waals surface area contributed by atoms with Gasteiger partial charge in [0.1, 0.15) is 17.6 Å². The van der Waals surface area contributed by atoms with Crippen molar-refractivity contribution in [3.8, 4) is 0 Å². The number of nitrogens with one attached hydrogen (secondary N) is 1. The average Bonchev–Trinajstić information content (AvgIpc) is 3.19. The highest BCUT2D eigenvalue weighted by Crippen LogP contribution is 2.31. The van der Waals surface area contributed by atoms with Crippen LogP contribution in [0.1, 0.15) is 42.4 Å². The Hall–Kier alpha value is -3.22. The SMILES string of the molecule is Cc1nc(CCc2cnn(C[C@@H](C)c3ccccc3)c2)nc2c1NC(=O)[C@H](C)N2C. The highest BCUT2D eigenvalue weighted by molar-refractivity contribution is 6.02. The van der Waals surface area contributed by atoms with Crippen LogP contribution in [-0.2, 0) is 24.2 Å². The summed E-state index contributed by atoms with van der Waals surface area (Å²) in [5, 5.41) is 7.46. The van der Waals surface area contributed by atoms with E-state index in [4.69, 9.17) is 4.98 Å². The predicted molar refractivity (Wildman–Crippen MR) is 118 cm³/mol. The lowest BCUT2D eigenvalue weighted by atomic mass is 10.0. The smallest absolute Gasteiger partial charge is 0.246 e. The summed E-state index contributed by atoms with van der Waals surface area (Å²) in [5.74, 6) is 1.95. The van der Waals surface area contributed by atoms with Crippen LogP contribution in [0.4, 0.5) is 11.5 Å². The molecule has 1 aliphatic rings. The van der Waals surface area contributed by atoms with Crippen molar-refractivity contribution in [3.63, 3.8) is 0 Å². The number of anilines is 2. The number of hydrogen-bond donors (Lipinski definition) is 1. The van der Waals surface area contributed by atoms with Crippen LogP contribution in [0.2, 0.25) is 0 Å². The first-order valence-corrected chi connectivity index (χ1v) is 10.4. The lowest BCUT2D eigenvalue weighted by Crippen LogP contribution is -2.45. The first kappa shape index (κ1) is 20.1. The van der Waals surface area contributed by atoms with Crippen molar-refractivity contribution < 1.29 is 4.79 Å². The monoisotopic (exact) mass is 404 g/mol. The Kier molecular flexibility index (Phi) is 5.53. The van der Waals surface area contributed by atoms with E-state index >= 15 is 0 Å². The highest BCUT2D eigenvalue weighted by Gasteiger charge is 2.30. The van der Waals surface area contributed by atoms with Crippen molar-refractivity contribution >= 4 is 17.4 Å². The van der Waals surface area contributed by atoms with Crippen LogP contribution in [0.15, 0.2) is 42.7 Å². The third-order valence-electron chi connectivity index (χ3n) is 5.81. The van der Waals surface area contributed by atoms with E-state index < -0.39 is 0 Å². The van der Waals surface area contributed by atoms with Gasteiger partial charge in [-0.3, -0.25) is 9.48 Å². The van der Waals surface area contributed by atoms with E-state index in [-0.39, 0.29) is 11.9 Å². The number of likely N-dealkylation sites (N-methyl/N-ethyl adjacent to an activating group) is 1. The van der Waals surface area contributed by atoms with Gasteiger partial charge < -0.3 is 10.2 Å². The number of carbonyl (C=O) groups is 1. The number of benzene rings is 1. The summed E-state index contributed by atoms with van der Waals surface area (Å²) in [6.45, 7) is 6.86. The molecule has 0 aliphatic carbocycles. The zero-order valence-electron chi connectivity index (χ0n) is 18.0. The van der Waals surface area contributed by atoms with Crippen molar-refractivity contribution in [3.05, 3.63) is 65.4 Å². The van der Waals surface area contributed by atoms with Gasteiger partial charge in [-0.15, -0.1) is 0 Å². The number of amides is 1. The van der Waals surface area contributed by atoms with Crippen LogP contribution in [-0.4, -0.2) is 38.7 Å². The second kappa shape index (κ2) is 8.26. The second-order valence-corrected chi connectivity index (χ2v) is 8.08. The molecule has 2 atom stereocenters. The Morgan fingerprint density at radius 3 is 2.70 bits per heavy atom. The fourth-order valence-electron chi connectivity index (χ4n) is 3.77. The normalized spacial score (nSPS) is 16.9. The molecular formula is C23H28N6O. The van der Waals surface area contributed by atoms with Gasteiger partial charge in [-0.25, -0.2) is 9.97 Å². The first-order valence-electron chi connectivity index (χ1n) is 10.4. The molecule has 0 saturated heterocycles. The number of aromatic nitrogens is 4. The van der Waals surface area contributed by atoms with Crippen molar-refractivity contribution in [1.82, 2.24) is 19.7 Å². The van der Waals surface area contributed by atoms with Gasteiger partial charge in [0, 0.05) is 32.1 Å². The third kappa shape index (κ3) is 4.06. The molecular weight excluding hydrogens is 376 g/mol. The maximum absolute atomic E-state index is 12.1. The van der Waals surface area contributed by atoms with Gasteiger partial charge >= 0.3 is 0 Å². The van der Waals surface area contributed by atoms with E-state index in [1.807, 2.05) is 42.7 Å². The van der Waals surface area contributed by atoms with E-state index in [2.05, 4.69) is 52.8 Å². The van der Waals surface area contributed by atoms with E-state index in [0.717, 1.165) is 36.7 Å². The molecule has 0 radical (unpaired) electrons. The van der Waals surface area contributed by atoms with Gasteiger partial charge in [0.2, 0.25) is 5.91 Å². The Labute approximate surface area is 177 Å². The number of rotatable bonds is 6. The molecule has 1 N–H and O–H groups in total. The van der Waals surface area contributed by atoms with Crippen LogP contribution in [0, 0.1) is 6.92 Å². The molecule has 0 spiro atoms. The molecule has 0 unspecified atom stereocenters. The molecule has 4 rings (SSSR count). The van der Waals surface area contributed by atoms with E-state index in [1.165, 1.54) is 11.1 Å². The number of aryl methyl sites for hydroxylation is 3. The molecule has 30 heavy (non-hydrogen) atoms. The Morgan fingerprint density at radius 2 is 1.93 bits per heavy atom. The molecule has 3 aromatic rings. The van der Waals surface area contributed by atoms with Crippen LogP contribution in [0.3, 0.4) is 0 Å². The third-order valence-corrected chi connectivity index (χ3v) is 5.81. The fourth-order valence-corrected chi connectivity index (χ4v) is 3.77. The first-order chi connectivity index (χ1) is 14.4. The van der Waals surface area contributed by atoms with Crippen LogP contribution < -0.4 is 10.2 Å². The number of nitrogens with zero attached hydrogens (tertiary/aromatic N) is 5. The molecule has 3 heterocycles. The summed E-state index contributed by atoms with van der Waals surface area (Å²) in [4.78, 5) is 23.3. The predicted octanol–water partition coefficient (Wildman–Crippen LogP) is 3.35. The Balaban J connectivity index is 1.42.